The molecular formula is C23H26N6O3. The average molecular weight is 435 g/mol. The molecule has 3 aromatic heterocycles. The molecule has 0 aliphatic carbocycles. The largest absolute Gasteiger partial charge is 0.358 e. The van der Waals surface area contributed by atoms with Gasteiger partial charge in [0.2, 0.25) is 5.91 Å². The average Bonchev–Trinajstić information content (AvgIpc) is 3.31. The number of benzene rings is 1. The van der Waals surface area contributed by atoms with Crippen molar-refractivity contribution in [2.45, 2.75) is 47.1 Å². The molecule has 4 rings (SSSR count). The number of carbonyl (C=O) groups excluding carboxylic acids is 1. The van der Waals surface area contributed by atoms with Crippen LogP contribution in [0.25, 0.3) is 22.4 Å². The third-order valence-electron chi connectivity index (χ3n) is 5.51. The third-order valence-corrected chi connectivity index (χ3v) is 5.51. The maximum atomic E-state index is 12.6. The minimum atomic E-state index is -0.323. The van der Waals surface area contributed by atoms with E-state index in [1.165, 1.54) is 39.2 Å². The number of amides is 1. The number of hydrogen-bond donors (Lipinski definition) is 2. The fourth-order valence-corrected chi connectivity index (χ4v) is 3.96. The molecule has 32 heavy (non-hydrogen) atoms. The Morgan fingerprint density at radius 3 is 2.78 bits per heavy atom. The molecule has 0 bridgehead atoms. The normalized spacial score (nSPS) is 11.2. The first-order valence-corrected chi connectivity index (χ1v) is 10.5. The first kappa shape index (κ1) is 21.5. The smallest absolute Gasteiger partial charge is 0.266 e. The molecule has 0 aliphatic heterocycles. The highest BCUT2D eigenvalue weighted by Gasteiger charge is 2.14. The predicted octanol–water partition coefficient (Wildman–Crippen LogP) is 2.76. The fraction of sp³-hybridized carbons (Fsp3) is 0.348. The summed E-state index contributed by atoms with van der Waals surface area (Å²) in [5.41, 5.74) is 5.82. The summed E-state index contributed by atoms with van der Waals surface area (Å²) in [5, 5.41) is 7.86. The van der Waals surface area contributed by atoms with Crippen LogP contribution in [0.3, 0.4) is 0 Å². The lowest BCUT2D eigenvalue weighted by molar-refractivity contribution is -0.121. The van der Waals surface area contributed by atoms with Gasteiger partial charge in [0.15, 0.2) is 5.82 Å². The van der Waals surface area contributed by atoms with E-state index in [1.807, 2.05) is 0 Å². The molecule has 166 valence electrons. The van der Waals surface area contributed by atoms with Gasteiger partial charge in [-0.1, -0.05) is 16.8 Å². The van der Waals surface area contributed by atoms with Gasteiger partial charge in [-0.3, -0.25) is 14.2 Å². The van der Waals surface area contributed by atoms with E-state index in [0.717, 1.165) is 17.6 Å². The zero-order valence-electron chi connectivity index (χ0n) is 18.7. The summed E-state index contributed by atoms with van der Waals surface area (Å²) >= 11 is 0. The number of aromatic nitrogens is 5. The van der Waals surface area contributed by atoms with Gasteiger partial charge in [0.05, 0.1) is 6.33 Å². The van der Waals surface area contributed by atoms with Crippen LogP contribution in [-0.4, -0.2) is 37.1 Å². The molecule has 0 radical (unpaired) electrons. The minimum absolute atomic E-state index is 0.123. The third kappa shape index (κ3) is 4.32. The quantitative estimate of drug-likeness (QED) is 0.462. The number of hydrogen-bond acceptors (Lipinski definition) is 6. The van der Waals surface area contributed by atoms with Gasteiger partial charge in [0, 0.05) is 42.3 Å². The monoisotopic (exact) mass is 434 g/mol. The van der Waals surface area contributed by atoms with Crippen LogP contribution in [0.4, 0.5) is 0 Å². The molecule has 0 fully saturated rings. The summed E-state index contributed by atoms with van der Waals surface area (Å²) in [4.78, 5) is 36.6. The number of H-pyrrole nitrogens is 1. The zero-order chi connectivity index (χ0) is 22.8. The lowest BCUT2D eigenvalue weighted by Crippen LogP contribution is -2.29. The van der Waals surface area contributed by atoms with Crippen LogP contribution in [0.15, 0.2) is 34.0 Å². The van der Waals surface area contributed by atoms with Crippen molar-refractivity contribution >= 4 is 16.8 Å². The van der Waals surface area contributed by atoms with Crippen LogP contribution in [0.1, 0.15) is 34.6 Å². The summed E-state index contributed by atoms with van der Waals surface area (Å²) in [6.45, 7) is 8.65. The topological polar surface area (TPSA) is 119 Å². The van der Waals surface area contributed by atoms with Gasteiger partial charge in [-0.15, -0.1) is 0 Å². The molecule has 0 unspecified atom stereocenters. The Balaban J connectivity index is 1.36. The van der Waals surface area contributed by atoms with E-state index < -0.39 is 0 Å². The standard InChI is InChI=1S/C23H26N6O3/c1-13-9-14(2)21-18(10-13)17(15(3)26-21)5-7-25-20(30)6-8-29-12-24-11-19(23(29)31)22-27-16(4)28-32-22/h9-12,26H,5-8H2,1-4H3,(H,25,30). The Hall–Kier alpha value is -3.75. The number of aromatic amines is 1. The molecule has 9 heteroatoms. The van der Waals surface area contributed by atoms with Crippen molar-refractivity contribution in [3.8, 4) is 11.5 Å². The van der Waals surface area contributed by atoms with Crippen LogP contribution in [-0.2, 0) is 17.8 Å². The minimum Gasteiger partial charge on any atom is -0.358 e. The number of aryl methyl sites for hydroxylation is 5. The predicted molar refractivity (Wildman–Crippen MR) is 120 cm³/mol. The fourth-order valence-electron chi connectivity index (χ4n) is 3.96. The van der Waals surface area contributed by atoms with Crippen LogP contribution < -0.4 is 10.9 Å². The van der Waals surface area contributed by atoms with Crippen molar-refractivity contribution in [2.24, 2.45) is 0 Å². The number of rotatable bonds is 7. The highest BCUT2D eigenvalue weighted by Crippen LogP contribution is 2.26. The van der Waals surface area contributed by atoms with E-state index in [2.05, 4.69) is 58.3 Å². The second kappa shape index (κ2) is 8.78. The van der Waals surface area contributed by atoms with Gasteiger partial charge in [-0.2, -0.15) is 4.98 Å². The second-order valence-corrected chi connectivity index (χ2v) is 8.04. The molecule has 0 saturated carbocycles. The van der Waals surface area contributed by atoms with Gasteiger partial charge >= 0.3 is 0 Å². The SMILES string of the molecule is Cc1cc(C)c2[nH]c(C)c(CCNC(=O)CCn3cncc(-c4nc(C)no4)c3=O)c2c1. The Morgan fingerprint density at radius 1 is 1.22 bits per heavy atom. The van der Waals surface area contributed by atoms with E-state index in [0.29, 0.717) is 12.4 Å². The second-order valence-electron chi connectivity index (χ2n) is 8.04. The Kier molecular flexibility index (Phi) is 5.89. The van der Waals surface area contributed by atoms with Crippen LogP contribution in [0.2, 0.25) is 0 Å². The van der Waals surface area contributed by atoms with E-state index >= 15 is 0 Å². The van der Waals surface area contributed by atoms with Crippen LogP contribution in [0.5, 0.6) is 0 Å². The summed E-state index contributed by atoms with van der Waals surface area (Å²) in [5.74, 6) is 0.434. The van der Waals surface area contributed by atoms with Gasteiger partial charge < -0.3 is 14.8 Å². The number of nitrogens with zero attached hydrogens (tertiary/aromatic N) is 4. The molecule has 2 N–H and O–H groups in total. The van der Waals surface area contributed by atoms with Gasteiger partial charge in [0.25, 0.3) is 11.4 Å². The van der Waals surface area contributed by atoms with Gasteiger partial charge in [-0.05, 0) is 51.3 Å². The maximum Gasteiger partial charge on any atom is 0.266 e. The zero-order valence-corrected chi connectivity index (χ0v) is 18.7. The highest BCUT2D eigenvalue weighted by atomic mass is 16.5. The maximum absolute atomic E-state index is 12.6. The Labute approximate surface area is 184 Å². The van der Waals surface area contributed by atoms with Gasteiger partial charge in [-0.25, -0.2) is 4.98 Å². The first-order valence-electron chi connectivity index (χ1n) is 10.5. The molecule has 9 nitrogen and oxygen atoms in total. The van der Waals surface area contributed by atoms with Crippen LogP contribution in [0, 0.1) is 27.7 Å². The highest BCUT2D eigenvalue weighted by molar-refractivity contribution is 5.88. The van der Waals surface area contributed by atoms with Crippen molar-refractivity contribution < 1.29 is 9.32 Å². The molecular weight excluding hydrogens is 408 g/mol. The first-order chi connectivity index (χ1) is 15.3. The molecule has 4 aromatic rings. The lowest BCUT2D eigenvalue weighted by Gasteiger charge is -2.08. The van der Waals surface area contributed by atoms with E-state index in [4.69, 9.17) is 4.52 Å². The molecule has 3 heterocycles. The Morgan fingerprint density at radius 2 is 2.03 bits per heavy atom. The number of nitrogens with one attached hydrogen (secondary N) is 2. The van der Waals surface area contributed by atoms with Crippen molar-refractivity contribution in [2.75, 3.05) is 6.54 Å². The van der Waals surface area contributed by atoms with E-state index in [9.17, 15) is 9.59 Å². The summed E-state index contributed by atoms with van der Waals surface area (Å²) in [6, 6.07) is 4.34. The number of fused-ring (bicyclic) bond motifs is 1. The van der Waals surface area contributed by atoms with Gasteiger partial charge in [0.1, 0.15) is 5.56 Å². The van der Waals surface area contributed by atoms with E-state index in [1.54, 1.807) is 6.92 Å². The van der Waals surface area contributed by atoms with E-state index in [-0.39, 0.29) is 35.9 Å². The molecule has 0 saturated heterocycles. The lowest BCUT2D eigenvalue weighted by atomic mass is 10.0. The summed E-state index contributed by atoms with van der Waals surface area (Å²) < 4.78 is 6.44. The van der Waals surface area contributed by atoms with Crippen molar-refractivity contribution in [3.05, 3.63) is 63.2 Å². The molecule has 0 atom stereocenters. The molecule has 0 aliphatic rings. The van der Waals surface area contributed by atoms with Crippen LogP contribution >= 0.6 is 0 Å². The Bertz CT molecular complexity index is 1350. The van der Waals surface area contributed by atoms with Crippen molar-refractivity contribution in [1.29, 1.82) is 0 Å². The number of carbonyl (C=O) groups is 1. The van der Waals surface area contributed by atoms with Crippen molar-refractivity contribution in [1.82, 2.24) is 30.0 Å². The molecule has 1 amide bonds. The molecule has 0 spiro atoms. The summed E-state index contributed by atoms with van der Waals surface area (Å²) in [7, 11) is 0. The van der Waals surface area contributed by atoms with Crippen molar-refractivity contribution in [3.63, 3.8) is 0 Å². The summed E-state index contributed by atoms with van der Waals surface area (Å²) in [6.07, 6.45) is 3.69. The molecule has 1 aromatic carbocycles.